The lowest BCUT2D eigenvalue weighted by molar-refractivity contribution is 0.0937. The summed E-state index contributed by atoms with van der Waals surface area (Å²) < 4.78 is 7.86. The van der Waals surface area contributed by atoms with Gasteiger partial charge in [0.1, 0.15) is 0 Å². The van der Waals surface area contributed by atoms with Crippen LogP contribution in [0.2, 0.25) is 0 Å². The Bertz CT molecular complexity index is 987. The summed E-state index contributed by atoms with van der Waals surface area (Å²) >= 11 is 0. The van der Waals surface area contributed by atoms with E-state index in [9.17, 15) is 4.79 Å². The first-order chi connectivity index (χ1) is 13.3. The third-order valence-electron chi connectivity index (χ3n) is 5.70. The molecule has 7 heteroatoms. The first-order valence-corrected chi connectivity index (χ1v) is 9.82. The summed E-state index contributed by atoms with van der Waals surface area (Å²) in [5.74, 6) is -0.0149. The topological polar surface area (TPSA) is 81.9 Å². The molecule has 1 aromatic carbocycles. The minimum atomic E-state index is -0.0149. The highest BCUT2D eigenvalue weighted by atomic mass is 16.5. The van der Waals surface area contributed by atoms with Crippen molar-refractivity contribution in [3.05, 3.63) is 30.1 Å². The van der Waals surface area contributed by atoms with Gasteiger partial charge in [0.15, 0.2) is 0 Å². The lowest BCUT2D eigenvalue weighted by atomic mass is 10.1. The van der Waals surface area contributed by atoms with Crippen LogP contribution in [-0.2, 0) is 11.3 Å². The molecule has 1 amide bonds. The summed E-state index contributed by atoms with van der Waals surface area (Å²) in [6.45, 7) is 1.57. The van der Waals surface area contributed by atoms with Crippen LogP contribution in [0.3, 0.4) is 0 Å². The molecule has 3 heterocycles. The monoisotopic (exact) mass is 365 g/mol. The zero-order valence-electron chi connectivity index (χ0n) is 15.2. The molecule has 27 heavy (non-hydrogen) atoms. The number of ether oxygens (including phenoxy) is 1. The maximum absolute atomic E-state index is 12.7. The van der Waals surface area contributed by atoms with E-state index in [0.29, 0.717) is 17.3 Å². The van der Waals surface area contributed by atoms with E-state index < -0.39 is 0 Å². The molecule has 7 nitrogen and oxygen atoms in total. The molecule has 1 saturated carbocycles. The summed E-state index contributed by atoms with van der Waals surface area (Å²) in [4.78, 5) is 17.1. The van der Waals surface area contributed by atoms with Crippen molar-refractivity contribution in [1.82, 2.24) is 25.1 Å². The number of imidazole rings is 1. The van der Waals surface area contributed by atoms with Gasteiger partial charge in [-0.05, 0) is 43.9 Å². The van der Waals surface area contributed by atoms with Gasteiger partial charge < -0.3 is 14.6 Å². The lowest BCUT2D eigenvalue weighted by Gasteiger charge is -2.13. The number of fused-ring (bicyclic) bond motifs is 3. The van der Waals surface area contributed by atoms with Crippen LogP contribution >= 0.6 is 0 Å². The first-order valence-electron chi connectivity index (χ1n) is 9.82. The Kier molecular flexibility index (Phi) is 4.24. The third kappa shape index (κ3) is 3.16. The van der Waals surface area contributed by atoms with Gasteiger partial charge in [-0.2, -0.15) is 0 Å². The Balaban J connectivity index is 1.52. The predicted molar refractivity (Wildman–Crippen MR) is 102 cm³/mol. The SMILES string of the molecule is O=C(NC1CCCC1)c1ccc2nnc3ncn(CC4CCCO4)c3c2c1. The minimum absolute atomic E-state index is 0.0149. The summed E-state index contributed by atoms with van der Waals surface area (Å²) in [6.07, 6.45) is 8.70. The highest BCUT2D eigenvalue weighted by Gasteiger charge is 2.21. The second kappa shape index (κ2) is 6.88. The molecule has 2 aromatic heterocycles. The molecule has 3 aromatic rings. The van der Waals surface area contributed by atoms with Gasteiger partial charge in [0.05, 0.1) is 30.0 Å². The number of hydrogen-bond donors (Lipinski definition) is 1. The van der Waals surface area contributed by atoms with Crippen molar-refractivity contribution in [2.45, 2.75) is 57.2 Å². The Hall–Kier alpha value is -2.54. The molecule has 1 aliphatic heterocycles. The van der Waals surface area contributed by atoms with Gasteiger partial charge >= 0.3 is 0 Å². The van der Waals surface area contributed by atoms with Crippen molar-refractivity contribution in [2.24, 2.45) is 0 Å². The second-order valence-electron chi connectivity index (χ2n) is 7.59. The van der Waals surface area contributed by atoms with Crippen molar-refractivity contribution in [2.75, 3.05) is 6.61 Å². The Labute approximate surface area is 157 Å². The number of amides is 1. The smallest absolute Gasteiger partial charge is 0.251 e. The first kappa shape index (κ1) is 16.6. The number of nitrogens with zero attached hydrogens (tertiary/aromatic N) is 4. The van der Waals surface area contributed by atoms with Crippen LogP contribution in [-0.4, -0.2) is 44.4 Å². The van der Waals surface area contributed by atoms with Gasteiger partial charge in [0.25, 0.3) is 5.91 Å². The zero-order valence-corrected chi connectivity index (χ0v) is 15.2. The van der Waals surface area contributed by atoms with E-state index in [1.807, 2.05) is 18.2 Å². The maximum Gasteiger partial charge on any atom is 0.251 e. The third-order valence-corrected chi connectivity index (χ3v) is 5.70. The van der Waals surface area contributed by atoms with E-state index in [4.69, 9.17) is 4.74 Å². The standard InChI is InChI=1S/C20H23N5O2/c26-20(22-14-4-1-2-5-14)13-7-8-17-16(10-13)18-19(24-23-17)21-12-25(18)11-15-6-3-9-27-15/h7-8,10,12,14-15H,1-6,9,11H2,(H,22,26). The average molecular weight is 365 g/mol. The molecule has 0 bridgehead atoms. The number of aromatic nitrogens is 4. The molecule has 1 N–H and O–H groups in total. The maximum atomic E-state index is 12.7. The van der Waals surface area contributed by atoms with Crippen LogP contribution in [0.4, 0.5) is 0 Å². The van der Waals surface area contributed by atoms with Crippen molar-refractivity contribution in [3.63, 3.8) is 0 Å². The normalized spacial score (nSPS) is 20.7. The lowest BCUT2D eigenvalue weighted by Crippen LogP contribution is -2.32. The summed E-state index contributed by atoms with van der Waals surface area (Å²) in [7, 11) is 0. The number of hydrogen-bond acceptors (Lipinski definition) is 5. The van der Waals surface area contributed by atoms with Crippen LogP contribution in [0.5, 0.6) is 0 Å². The van der Waals surface area contributed by atoms with E-state index in [1.54, 1.807) is 6.33 Å². The Morgan fingerprint density at radius 2 is 2.07 bits per heavy atom. The van der Waals surface area contributed by atoms with Crippen molar-refractivity contribution in [3.8, 4) is 0 Å². The van der Waals surface area contributed by atoms with Crippen molar-refractivity contribution in [1.29, 1.82) is 0 Å². The predicted octanol–water partition coefficient (Wildman–Crippen LogP) is 2.83. The fraction of sp³-hybridized carbons (Fsp3) is 0.500. The molecule has 1 unspecified atom stereocenters. The van der Waals surface area contributed by atoms with Gasteiger partial charge in [-0.15, -0.1) is 10.2 Å². The number of carbonyl (C=O) groups is 1. The molecule has 0 spiro atoms. The van der Waals surface area contributed by atoms with Crippen LogP contribution in [0.15, 0.2) is 24.5 Å². The second-order valence-corrected chi connectivity index (χ2v) is 7.59. The molecular formula is C20H23N5O2. The van der Waals surface area contributed by atoms with Crippen molar-refractivity contribution >= 4 is 28.0 Å². The number of benzene rings is 1. The molecule has 5 rings (SSSR count). The van der Waals surface area contributed by atoms with E-state index in [-0.39, 0.29) is 12.0 Å². The average Bonchev–Trinajstić information content (AvgIpc) is 3.44. The molecular weight excluding hydrogens is 342 g/mol. The Morgan fingerprint density at radius 1 is 1.19 bits per heavy atom. The minimum Gasteiger partial charge on any atom is -0.376 e. The van der Waals surface area contributed by atoms with E-state index in [2.05, 4.69) is 25.1 Å². The zero-order chi connectivity index (χ0) is 18.2. The highest BCUT2D eigenvalue weighted by Crippen LogP contribution is 2.25. The van der Waals surface area contributed by atoms with Gasteiger partial charge in [-0.3, -0.25) is 4.79 Å². The fourth-order valence-electron chi connectivity index (χ4n) is 4.26. The number of rotatable bonds is 4. The molecule has 2 aliphatic rings. The number of nitrogens with one attached hydrogen (secondary N) is 1. The summed E-state index contributed by atoms with van der Waals surface area (Å²) in [6, 6.07) is 5.92. The number of carbonyl (C=O) groups excluding carboxylic acids is 1. The molecule has 1 aliphatic carbocycles. The molecule has 2 fully saturated rings. The van der Waals surface area contributed by atoms with Gasteiger partial charge in [0.2, 0.25) is 5.65 Å². The molecule has 0 radical (unpaired) electrons. The van der Waals surface area contributed by atoms with E-state index >= 15 is 0 Å². The van der Waals surface area contributed by atoms with E-state index in [0.717, 1.165) is 55.3 Å². The largest absolute Gasteiger partial charge is 0.376 e. The summed E-state index contributed by atoms with van der Waals surface area (Å²) in [5.41, 5.74) is 2.96. The van der Waals surface area contributed by atoms with Crippen molar-refractivity contribution < 1.29 is 9.53 Å². The van der Waals surface area contributed by atoms with Gasteiger partial charge in [0, 0.05) is 23.6 Å². The van der Waals surface area contributed by atoms with Crippen LogP contribution in [0.1, 0.15) is 48.9 Å². The molecule has 1 atom stereocenters. The highest BCUT2D eigenvalue weighted by molar-refractivity contribution is 6.05. The molecule has 140 valence electrons. The van der Waals surface area contributed by atoms with E-state index in [1.165, 1.54) is 12.8 Å². The van der Waals surface area contributed by atoms with Crippen LogP contribution < -0.4 is 5.32 Å². The quantitative estimate of drug-likeness (QED) is 0.769. The summed E-state index contributed by atoms with van der Waals surface area (Å²) in [5, 5.41) is 12.6. The van der Waals surface area contributed by atoms with Crippen LogP contribution in [0.25, 0.3) is 22.1 Å². The molecule has 1 saturated heterocycles. The fourth-order valence-corrected chi connectivity index (χ4v) is 4.26. The Morgan fingerprint density at radius 3 is 2.89 bits per heavy atom. The van der Waals surface area contributed by atoms with Crippen LogP contribution in [0, 0.1) is 0 Å². The van der Waals surface area contributed by atoms with Gasteiger partial charge in [-0.25, -0.2) is 4.98 Å². The van der Waals surface area contributed by atoms with Gasteiger partial charge in [-0.1, -0.05) is 12.8 Å².